The van der Waals surface area contributed by atoms with Gasteiger partial charge in [-0.25, -0.2) is 0 Å². The van der Waals surface area contributed by atoms with E-state index in [1.807, 2.05) is 7.11 Å². The van der Waals surface area contributed by atoms with Crippen LogP contribution in [0.4, 0.5) is 0 Å². The second kappa shape index (κ2) is 5.70. The molecule has 2 rings (SSSR count). The van der Waals surface area contributed by atoms with E-state index < -0.39 is 0 Å². The van der Waals surface area contributed by atoms with Crippen molar-refractivity contribution in [2.24, 2.45) is 11.8 Å². The van der Waals surface area contributed by atoms with E-state index in [-0.39, 0.29) is 11.6 Å². The van der Waals surface area contributed by atoms with E-state index in [4.69, 9.17) is 10.6 Å². The Morgan fingerprint density at radius 1 is 1.61 bits per heavy atom. The van der Waals surface area contributed by atoms with E-state index in [1.165, 1.54) is 23.3 Å². The number of hydrogen-bond acceptors (Lipinski definition) is 4. The van der Waals surface area contributed by atoms with Crippen LogP contribution in [0.2, 0.25) is 0 Å². The first-order chi connectivity index (χ1) is 8.63. The molecule has 0 radical (unpaired) electrons. The number of rotatable bonds is 4. The Hall–Kier alpha value is -0.420. The van der Waals surface area contributed by atoms with Crippen LogP contribution in [0.25, 0.3) is 0 Å². The molecule has 1 saturated carbocycles. The minimum absolute atomic E-state index is 0.0940. The van der Waals surface area contributed by atoms with Crippen molar-refractivity contribution in [3.63, 3.8) is 0 Å². The number of thiophene rings is 1. The zero-order valence-electron chi connectivity index (χ0n) is 11.5. The zero-order valence-corrected chi connectivity index (χ0v) is 12.3. The number of hydrazine groups is 1. The lowest BCUT2D eigenvalue weighted by molar-refractivity contribution is -0.0806. The Bertz CT molecular complexity index is 393. The lowest BCUT2D eigenvalue weighted by Crippen LogP contribution is -2.50. The van der Waals surface area contributed by atoms with Crippen LogP contribution in [0.1, 0.15) is 49.1 Å². The van der Waals surface area contributed by atoms with Crippen LogP contribution in [-0.2, 0) is 4.74 Å². The Morgan fingerprint density at radius 2 is 2.39 bits per heavy atom. The van der Waals surface area contributed by atoms with Gasteiger partial charge in [-0.05, 0) is 42.7 Å². The molecule has 18 heavy (non-hydrogen) atoms. The van der Waals surface area contributed by atoms with E-state index in [0.29, 0.717) is 5.92 Å². The van der Waals surface area contributed by atoms with Gasteiger partial charge in [-0.15, -0.1) is 11.3 Å². The largest absolute Gasteiger partial charge is 0.376 e. The van der Waals surface area contributed by atoms with E-state index in [0.717, 1.165) is 12.8 Å². The molecule has 0 saturated heterocycles. The van der Waals surface area contributed by atoms with Gasteiger partial charge in [0.2, 0.25) is 0 Å². The van der Waals surface area contributed by atoms with Crippen LogP contribution >= 0.6 is 11.3 Å². The highest BCUT2D eigenvalue weighted by molar-refractivity contribution is 7.10. The Morgan fingerprint density at radius 3 is 2.89 bits per heavy atom. The molecule has 1 heterocycles. The molecule has 0 spiro atoms. The minimum atomic E-state index is -0.155. The zero-order chi connectivity index (χ0) is 13.2. The summed E-state index contributed by atoms with van der Waals surface area (Å²) in [6.45, 7) is 4.46. The van der Waals surface area contributed by atoms with Crippen LogP contribution in [-0.4, -0.2) is 12.7 Å². The van der Waals surface area contributed by atoms with Crippen LogP contribution in [0.15, 0.2) is 11.4 Å². The van der Waals surface area contributed by atoms with Crippen molar-refractivity contribution in [2.75, 3.05) is 7.11 Å². The Balaban J connectivity index is 2.32. The molecule has 102 valence electrons. The first-order valence-corrected chi connectivity index (χ1v) is 7.56. The fourth-order valence-electron chi connectivity index (χ4n) is 3.33. The summed E-state index contributed by atoms with van der Waals surface area (Å²) in [5.41, 5.74) is 4.14. The number of methoxy groups -OCH3 is 1. The van der Waals surface area contributed by atoms with Crippen molar-refractivity contribution < 1.29 is 4.74 Å². The highest BCUT2D eigenvalue weighted by Crippen LogP contribution is 2.44. The minimum Gasteiger partial charge on any atom is -0.376 e. The first-order valence-electron chi connectivity index (χ1n) is 6.68. The predicted molar refractivity (Wildman–Crippen MR) is 76.5 cm³/mol. The topological polar surface area (TPSA) is 47.3 Å². The molecule has 0 amide bonds. The summed E-state index contributed by atoms with van der Waals surface area (Å²) < 4.78 is 5.94. The third-order valence-electron chi connectivity index (χ3n) is 4.30. The number of nitrogens with one attached hydrogen (secondary N) is 1. The number of nitrogens with two attached hydrogens (primary N) is 1. The second-order valence-corrected chi connectivity index (χ2v) is 6.62. The van der Waals surface area contributed by atoms with E-state index in [9.17, 15) is 0 Å². The average molecular weight is 268 g/mol. The van der Waals surface area contributed by atoms with Gasteiger partial charge in [-0.2, -0.15) is 0 Å². The maximum Gasteiger partial charge on any atom is 0.0888 e. The number of hydrogen-bond donors (Lipinski definition) is 2. The molecule has 0 aliphatic heterocycles. The van der Waals surface area contributed by atoms with Gasteiger partial charge in [0.15, 0.2) is 0 Å². The van der Waals surface area contributed by atoms with Crippen molar-refractivity contribution in [3.8, 4) is 0 Å². The van der Waals surface area contributed by atoms with Gasteiger partial charge in [0.25, 0.3) is 0 Å². The van der Waals surface area contributed by atoms with E-state index >= 15 is 0 Å². The summed E-state index contributed by atoms with van der Waals surface area (Å²) in [6, 6.07) is 2.27. The molecule has 1 aliphatic rings. The van der Waals surface area contributed by atoms with Gasteiger partial charge < -0.3 is 4.74 Å². The average Bonchev–Trinajstić information content (AvgIpc) is 2.77. The fraction of sp³-hybridized carbons (Fsp3) is 0.714. The second-order valence-electron chi connectivity index (χ2n) is 5.50. The van der Waals surface area contributed by atoms with Crippen LogP contribution in [0, 0.1) is 12.8 Å². The summed E-state index contributed by atoms with van der Waals surface area (Å²) in [4.78, 5) is 1.33. The monoisotopic (exact) mass is 268 g/mol. The number of aryl methyl sites for hydroxylation is 1. The smallest absolute Gasteiger partial charge is 0.0888 e. The van der Waals surface area contributed by atoms with Crippen molar-refractivity contribution in [3.05, 3.63) is 21.9 Å². The van der Waals surface area contributed by atoms with Gasteiger partial charge in [-0.1, -0.05) is 19.8 Å². The fourth-order valence-corrected chi connectivity index (χ4v) is 4.07. The molecule has 3 N–H and O–H groups in total. The van der Waals surface area contributed by atoms with Gasteiger partial charge in [0, 0.05) is 12.0 Å². The maximum absolute atomic E-state index is 5.94. The van der Waals surface area contributed by atoms with E-state index in [1.54, 1.807) is 11.3 Å². The molecular formula is C14H24N2OS. The highest BCUT2D eigenvalue weighted by atomic mass is 32.1. The van der Waals surface area contributed by atoms with Gasteiger partial charge in [-0.3, -0.25) is 11.3 Å². The standard InChI is InChI=1S/C14H24N2OS/c1-10-5-4-7-14(9-10,17-3)13(16-15)12-6-8-18-11(12)2/h6,8,10,13,16H,4-5,7,9,15H2,1-3H3. The van der Waals surface area contributed by atoms with Crippen LogP contribution in [0.5, 0.6) is 0 Å². The Kier molecular flexibility index (Phi) is 4.43. The summed E-state index contributed by atoms with van der Waals surface area (Å²) in [7, 11) is 1.82. The molecule has 0 bridgehead atoms. The SMILES string of the molecule is COC1(C(NN)c2ccsc2C)CCCC(C)C1. The van der Waals surface area contributed by atoms with Gasteiger partial charge >= 0.3 is 0 Å². The Labute approximate surface area is 114 Å². The first kappa shape index (κ1) is 14.0. The van der Waals surface area contributed by atoms with Crippen LogP contribution in [0.3, 0.4) is 0 Å². The molecule has 3 unspecified atom stereocenters. The third-order valence-corrected chi connectivity index (χ3v) is 5.16. The van der Waals surface area contributed by atoms with Crippen LogP contribution < -0.4 is 11.3 Å². The lowest BCUT2D eigenvalue weighted by atomic mass is 9.73. The maximum atomic E-state index is 5.94. The molecule has 3 nitrogen and oxygen atoms in total. The molecule has 1 aromatic rings. The quantitative estimate of drug-likeness (QED) is 0.651. The molecule has 1 aliphatic carbocycles. The lowest BCUT2D eigenvalue weighted by Gasteiger charge is -2.44. The highest BCUT2D eigenvalue weighted by Gasteiger charge is 2.43. The van der Waals surface area contributed by atoms with Crippen molar-refractivity contribution in [1.29, 1.82) is 0 Å². The van der Waals surface area contributed by atoms with Crippen molar-refractivity contribution in [2.45, 2.75) is 51.2 Å². The summed E-state index contributed by atoms with van der Waals surface area (Å²) in [6.07, 6.45) is 4.67. The van der Waals surface area contributed by atoms with Crippen molar-refractivity contribution >= 4 is 11.3 Å². The summed E-state index contributed by atoms with van der Waals surface area (Å²) in [5, 5.41) is 2.13. The summed E-state index contributed by atoms with van der Waals surface area (Å²) >= 11 is 1.77. The normalized spacial score (nSPS) is 30.3. The predicted octanol–water partition coefficient (Wildman–Crippen LogP) is 3.16. The molecular weight excluding hydrogens is 244 g/mol. The molecule has 1 aromatic heterocycles. The van der Waals surface area contributed by atoms with Crippen molar-refractivity contribution in [1.82, 2.24) is 5.43 Å². The molecule has 1 fully saturated rings. The summed E-state index contributed by atoms with van der Waals surface area (Å²) in [5.74, 6) is 6.55. The van der Waals surface area contributed by atoms with E-state index in [2.05, 4.69) is 30.7 Å². The van der Waals surface area contributed by atoms with Gasteiger partial charge in [0.05, 0.1) is 11.6 Å². The third kappa shape index (κ3) is 2.48. The molecule has 4 heteroatoms. The number of ether oxygens (including phenoxy) is 1. The molecule has 0 aromatic carbocycles. The van der Waals surface area contributed by atoms with Gasteiger partial charge in [0.1, 0.15) is 0 Å². The molecule has 3 atom stereocenters.